The lowest BCUT2D eigenvalue weighted by Crippen LogP contribution is -2.48. The van der Waals surface area contributed by atoms with Gasteiger partial charge in [-0.05, 0) is 25.3 Å². The quantitative estimate of drug-likeness (QED) is 0.584. The number of nitrogens with zero attached hydrogens (tertiary/aromatic N) is 2. The molecule has 0 spiro atoms. The minimum Gasteiger partial charge on any atom is -0.357 e. The Morgan fingerprint density at radius 2 is 1.81 bits per heavy atom. The second kappa shape index (κ2) is 8.61. The number of hydrogen-bond acceptors (Lipinski definition) is 5. The van der Waals surface area contributed by atoms with Crippen molar-refractivity contribution in [3.63, 3.8) is 0 Å². The van der Waals surface area contributed by atoms with Gasteiger partial charge in [-0.1, -0.05) is 25.6 Å². The average molecular weight is 310 g/mol. The molecule has 0 bridgehead atoms. The van der Waals surface area contributed by atoms with E-state index in [0.717, 1.165) is 0 Å². The molecule has 0 saturated heterocycles. The molecule has 2 amide bonds. The summed E-state index contributed by atoms with van der Waals surface area (Å²) in [5.74, 6) is -0.0556. The fourth-order valence-electron chi connectivity index (χ4n) is 1.72. The van der Waals surface area contributed by atoms with E-state index in [4.69, 9.17) is 0 Å². The van der Waals surface area contributed by atoms with Crippen LogP contribution in [0.2, 0.25) is 0 Å². The van der Waals surface area contributed by atoms with Crippen LogP contribution in [0.25, 0.3) is 0 Å². The van der Waals surface area contributed by atoms with Crippen molar-refractivity contribution in [2.75, 3.05) is 7.05 Å². The summed E-state index contributed by atoms with van der Waals surface area (Å²) < 4.78 is 0. The van der Waals surface area contributed by atoms with E-state index >= 15 is 0 Å². The molecule has 1 aromatic rings. The van der Waals surface area contributed by atoms with E-state index in [1.165, 1.54) is 11.8 Å². The van der Waals surface area contributed by atoms with E-state index in [-0.39, 0.29) is 17.1 Å². The summed E-state index contributed by atoms with van der Waals surface area (Å²) >= 11 is 1.27. The van der Waals surface area contributed by atoms with Gasteiger partial charge in [0.1, 0.15) is 6.04 Å². The maximum Gasteiger partial charge on any atom is 0.242 e. The van der Waals surface area contributed by atoms with Crippen LogP contribution in [0, 0.1) is 5.92 Å². The largest absolute Gasteiger partial charge is 0.357 e. The molecule has 0 aliphatic heterocycles. The molecule has 0 saturated carbocycles. The summed E-state index contributed by atoms with van der Waals surface area (Å²) in [6, 6.07) is 1.21. The van der Waals surface area contributed by atoms with Gasteiger partial charge >= 0.3 is 0 Å². The van der Waals surface area contributed by atoms with Crippen LogP contribution in [-0.4, -0.2) is 40.1 Å². The lowest BCUT2D eigenvalue weighted by atomic mass is 10.0. The number of hydrogen-bond donors (Lipinski definition) is 2. The van der Waals surface area contributed by atoms with Crippen LogP contribution in [0.5, 0.6) is 0 Å². The van der Waals surface area contributed by atoms with Gasteiger partial charge in [-0.3, -0.25) is 9.59 Å². The highest BCUT2D eigenvalue weighted by Gasteiger charge is 2.24. The third-order valence-electron chi connectivity index (χ3n) is 2.78. The predicted molar refractivity (Wildman–Crippen MR) is 82.8 cm³/mol. The second-order valence-corrected chi connectivity index (χ2v) is 6.40. The summed E-state index contributed by atoms with van der Waals surface area (Å²) in [6.45, 7) is 5.79. The molecule has 0 fully saturated rings. The van der Waals surface area contributed by atoms with Gasteiger partial charge in [0.2, 0.25) is 11.8 Å². The van der Waals surface area contributed by atoms with Crippen molar-refractivity contribution in [2.24, 2.45) is 5.92 Å². The number of thioether (sulfide) groups is 1. The third-order valence-corrected chi connectivity index (χ3v) is 3.77. The lowest BCUT2D eigenvalue weighted by molar-refractivity contribution is -0.128. The van der Waals surface area contributed by atoms with Gasteiger partial charge in [0.25, 0.3) is 0 Å². The summed E-state index contributed by atoms with van der Waals surface area (Å²) in [5.41, 5.74) is 0. The molecule has 0 unspecified atom stereocenters. The fraction of sp³-hybridized carbons (Fsp3) is 0.571. The smallest absolute Gasteiger partial charge is 0.242 e. The summed E-state index contributed by atoms with van der Waals surface area (Å²) in [6.07, 6.45) is 3.86. The summed E-state index contributed by atoms with van der Waals surface area (Å²) in [4.78, 5) is 32.1. The van der Waals surface area contributed by atoms with Gasteiger partial charge in [0.05, 0.1) is 5.25 Å². The zero-order valence-corrected chi connectivity index (χ0v) is 13.6. The second-order valence-electron chi connectivity index (χ2n) is 5.10. The first-order valence-corrected chi connectivity index (χ1v) is 7.77. The molecular formula is C14H22N4O2S. The Bertz CT molecular complexity index is 467. The molecule has 0 aliphatic rings. The fourth-order valence-corrected chi connectivity index (χ4v) is 2.46. The summed E-state index contributed by atoms with van der Waals surface area (Å²) in [5, 5.41) is 5.54. The molecular weight excluding hydrogens is 288 g/mol. The molecule has 21 heavy (non-hydrogen) atoms. The Morgan fingerprint density at radius 1 is 1.19 bits per heavy atom. The van der Waals surface area contributed by atoms with Crippen molar-refractivity contribution in [2.45, 2.75) is 43.6 Å². The van der Waals surface area contributed by atoms with Crippen LogP contribution in [0.15, 0.2) is 23.6 Å². The molecule has 0 aliphatic carbocycles. The van der Waals surface area contributed by atoms with E-state index < -0.39 is 6.04 Å². The molecule has 0 aromatic carbocycles. The first-order valence-electron chi connectivity index (χ1n) is 6.89. The molecule has 1 heterocycles. The molecule has 2 atom stereocenters. The van der Waals surface area contributed by atoms with Crippen molar-refractivity contribution >= 4 is 23.6 Å². The van der Waals surface area contributed by atoms with Crippen molar-refractivity contribution in [3.05, 3.63) is 18.5 Å². The minimum absolute atomic E-state index is 0.176. The minimum atomic E-state index is -0.512. The highest BCUT2D eigenvalue weighted by molar-refractivity contribution is 8.00. The molecule has 7 heteroatoms. The number of aromatic nitrogens is 2. The monoisotopic (exact) mass is 310 g/mol. The molecule has 116 valence electrons. The Morgan fingerprint density at radius 3 is 2.33 bits per heavy atom. The summed E-state index contributed by atoms with van der Waals surface area (Å²) in [7, 11) is 1.57. The van der Waals surface area contributed by atoms with Crippen molar-refractivity contribution < 1.29 is 9.59 Å². The number of carbonyl (C=O) groups excluding carboxylic acids is 2. The Labute approximate surface area is 129 Å². The van der Waals surface area contributed by atoms with Gasteiger partial charge in [0, 0.05) is 19.4 Å². The first-order chi connectivity index (χ1) is 9.93. The van der Waals surface area contributed by atoms with Crippen molar-refractivity contribution in [3.8, 4) is 0 Å². The Kier molecular flexibility index (Phi) is 7.14. The first kappa shape index (κ1) is 17.4. The lowest BCUT2D eigenvalue weighted by Gasteiger charge is -2.20. The molecule has 6 nitrogen and oxygen atoms in total. The van der Waals surface area contributed by atoms with Crippen LogP contribution < -0.4 is 10.6 Å². The molecule has 1 rings (SSSR count). The van der Waals surface area contributed by atoms with Crippen LogP contribution in [0.4, 0.5) is 0 Å². The Hall–Kier alpha value is -1.63. The van der Waals surface area contributed by atoms with Crippen LogP contribution in [0.1, 0.15) is 27.2 Å². The van der Waals surface area contributed by atoms with Crippen molar-refractivity contribution in [1.29, 1.82) is 0 Å². The van der Waals surface area contributed by atoms with Crippen LogP contribution in [-0.2, 0) is 9.59 Å². The van der Waals surface area contributed by atoms with Gasteiger partial charge in [-0.15, -0.1) is 0 Å². The highest BCUT2D eigenvalue weighted by Crippen LogP contribution is 2.18. The SMILES string of the molecule is CNC(=O)[C@H](CC(C)C)NC(=O)[C@@H](C)Sc1ncccn1. The zero-order chi connectivity index (χ0) is 15.8. The topological polar surface area (TPSA) is 84.0 Å². The maximum atomic E-state index is 12.2. The van der Waals surface area contributed by atoms with E-state index in [2.05, 4.69) is 20.6 Å². The number of amides is 2. The third kappa shape index (κ3) is 6.12. The average Bonchev–Trinajstić information content (AvgIpc) is 2.46. The van der Waals surface area contributed by atoms with E-state index in [0.29, 0.717) is 17.5 Å². The molecule has 1 aromatic heterocycles. The number of rotatable bonds is 7. The van der Waals surface area contributed by atoms with Gasteiger partial charge in [0.15, 0.2) is 5.16 Å². The number of carbonyl (C=O) groups is 2. The Balaban J connectivity index is 2.61. The maximum absolute atomic E-state index is 12.2. The number of likely N-dealkylation sites (N-methyl/N-ethyl adjacent to an activating group) is 1. The van der Waals surface area contributed by atoms with E-state index in [1.54, 1.807) is 32.4 Å². The van der Waals surface area contributed by atoms with Gasteiger partial charge in [-0.2, -0.15) is 0 Å². The standard InChI is InChI=1S/C14H22N4O2S/c1-9(2)8-11(13(20)15-4)18-12(19)10(3)21-14-16-6-5-7-17-14/h5-7,9-11H,8H2,1-4H3,(H,15,20)(H,18,19)/t10-,11+/m1/s1. The molecule has 2 N–H and O–H groups in total. The van der Waals surface area contributed by atoms with Gasteiger partial charge < -0.3 is 10.6 Å². The van der Waals surface area contributed by atoms with Crippen LogP contribution in [0.3, 0.4) is 0 Å². The van der Waals surface area contributed by atoms with E-state index in [1.807, 2.05) is 13.8 Å². The highest BCUT2D eigenvalue weighted by atomic mass is 32.2. The normalized spacial score (nSPS) is 13.6. The zero-order valence-electron chi connectivity index (χ0n) is 12.8. The number of nitrogens with one attached hydrogen (secondary N) is 2. The van der Waals surface area contributed by atoms with Gasteiger partial charge in [-0.25, -0.2) is 9.97 Å². The predicted octanol–water partition coefficient (Wildman–Crippen LogP) is 1.23. The molecule has 0 radical (unpaired) electrons. The van der Waals surface area contributed by atoms with Crippen LogP contribution >= 0.6 is 11.8 Å². The van der Waals surface area contributed by atoms with Crippen molar-refractivity contribution in [1.82, 2.24) is 20.6 Å². The van der Waals surface area contributed by atoms with E-state index in [9.17, 15) is 9.59 Å².